The van der Waals surface area contributed by atoms with Crippen LogP contribution < -0.4 is 9.80 Å². The minimum absolute atomic E-state index is 0.252. The Morgan fingerprint density at radius 1 is 0.362 bits per heavy atom. The number of aromatic nitrogens is 2. The van der Waals surface area contributed by atoms with Gasteiger partial charge in [0.2, 0.25) is 0 Å². The lowest BCUT2D eigenvalue weighted by molar-refractivity contribution is 0.660. The maximum absolute atomic E-state index is 10.8. The molecule has 0 atom stereocenters. The third-order valence-corrected chi connectivity index (χ3v) is 22.7. The van der Waals surface area contributed by atoms with Crippen molar-refractivity contribution in [1.82, 2.24) is 9.13 Å². The van der Waals surface area contributed by atoms with Crippen molar-refractivity contribution in [2.24, 2.45) is 0 Å². The number of hydrogen-bond donors (Lipinski definition) is 0. The molecule has 10 heteroatoms. The summed E-state index contributed by atoms with van der Waals surface area (Å²) in [4.78, 5) is 4.58. The van der Waals surface area contributed by atoms with Gasteiger partial charge in [0.25, 0.3) is 0 Å². The first-order valence-electron chi connectivity index (χ1n) is 31.7. The molecule has 0 radical (unpaired) electrons. The molecule has 4 heterocycles. The van der Waals surface area contributed by atoms with Gasteiger partial charge in [-0.1, -0.05) is 143 Å². The molecule has 0 saturated heterocycles. The molecule has 4 aromatic heterocycles. The number of aryl methyl sites for hydroxylation is 1. The zero-order chi connectivity index (χ0) is 63.6. The van der Waals surface area contributed by atoms with Gasteiger partial charge in [0.05, 0.1) is 78.3 Å². The number of anilines is 6. The topological polar surface area (TPSA) is 112 Å². The largest absolute Gasteiger partial charge is 0.341 e. The summed E-state index contributed by atoms with van der Waals surface area (Å²) in [7, 11) is 0. The molecule has 0 unspecified atom stereocenters. The van der Waals surface area contributed by atoms with Crippen molar-refractivity contribution in [2.45, 2.75) is 52.0 Å². The monoisotopic (exact) mass is 1240 g/mol. The van der Waals surface area contributed by atoms with Gasteiger partial charge >= 0.3 is 0 Å². The zero-order valence-electron chi connectivity index (χ0n) is 52.0. The number of para-hydroxylation sites is 1. The number of thiophene rings is 2. The zero-order valence-corrected chi connectivity index (χ0v) is 53.6. The molecule has 2 aliphatic rings. The van der Waals surface area contributed by atoms with Gasteiger partial charge in [0.15, 0.2) is 0 Å². The molecule has 0 aliphatic heterocycles. The summed E-state index contributed by atoms with van der Waals surface area (Å²) in [5, 5.41) is 52.1. The highest BCUT2D eigenvalue weighted by molar-refractivity contribution is 7.27. The van der Waals surface area contributed by atoms with E-state index in [1.807, 2.05) is 24.3 Å². The lowest BCUT2D eigenvalue weighted by atomic mass is 9.82. The van der Waals surface area contributed by atoms with Gasteiger partial charge in [-0.25, -0.2) is 0 Å². The van der Waals surface area contributed by atoms with E-state index in [9.17, 15) is 21.0 Å². The number of nitriles is 4. The van der Waals surface area contributed by atoms with Crippen LogP contribution in [0.3, 0.4) is 0 Å². The van der Waals surface area contributed by atoms with Crippen molar-refractivity contribution in [2.75, 3.05) is 9.80 Å². The van der Waals surface area contributed by atoms with E-state index in [4.69, 9.17) is 0 Å². The van der Waals surface area contributed by atoms with E-state index in [1.165, 1.54) is 38.9 Å². The predicted molar refractivity (Wildman–Crippen MR) is 389 cm³/mol. The average Bonchev–Trinajstić information content (AvgIpc) is 1.52. The maximum Gasteiger partial charge on any atom is 0.0992 e. The van der Waals surface area contributed by atoms with Gasteiger partial charge in [-0.05, 0) is 161 Å². The summed E-state index contributed by atoms with van der Waals surface area (Å²) in [5.41, 5.74) is 20.8. The molecular formula is C84H54N8S2. The molecule has 0 fully saturated rings. The molecule has 0 saturated carbocycles. The van der Waals surface area contributed by atoms with Crippen LogP contribution >= 0.6 is 22.7 Å². The van der Waals surface area contributed by atoms with Crippen LogP contribution in [0.15, 0.2) is 224 Å². The minimum Gasteiger partial charge on any atom is -0.341 e. The van der Waals surface area contributed by atoms with Crippen LogP contribution in [-0.2, 0) is 17.4 Å². The molecule has 94 heavy (non-hydrogen) atoms. The molecule has 2 aliphatic carbocycles. The Labute approximate surface area is 550 Å². The lowest BCUT2D eigenvalue weighted by Gasteiger charge is -2.28. The first-order chi connectivity index (χ1) is 45.9. The third-order valence-electron chi connectivity index (χ3n) is 20.3. The Morgan fingerprint density at radius 2 is 0.777 bits per heavy atom. The highest BCUT2D eigenvalue weighted by Crippen LogP contribution is 2.58. The van der Waals surface area contributed by atoms with Crippen LogP contribution in [0.25, 0.3) is 112 Å². The summed E-state index contributed by atoms with van der Waals surface area (Å²) in [6, 6.07) is 89.5. The van der Waals surface area contributed by atoms with Crippen molar-refractivity contribution in [3.05, 3.63) is 269 Å². The second kappa shape index (κ2) is 20.1. The summed E-state index contributed by atoms with van der Waals surface area (Å²) >= 11 is 3.52. The molecule has 12 aromatic carbocycles. The van der Waals surface area contributed by atoms with E-state index in [2.05, 4.69) is 266 Å². The van der Waals surface area contributed by atoms with Crippen LogP contribution in [-0.4, -0.2) is 9.13 Å². The molecule has 18 rings (SSSR count). The van der Waals surface area contributed by atoms with Gasteiger partial charge in [0, 0.05) is 109 Å². The van der Waals surface area contributed by atoms with Gasteiger partial charge in [0.1, 0.15) is 0 Å². The van der Waals surface area contributed by atoms with Crippen molar-refractivity contribution >= 4 is 141 Å². The van der Waals surface area contributed by atoms with E-state index in [0.717, 1.165) is 125 Å². The van der Waals surface area contributed by atoms with E-state index in [1.54, 1.807) is 34.8 Å². The fourth-order valence-electron chi connectivity index (χ4n) is 16.1. The number of benzene rings is 12. The minimum atomic E-state index is -0.252. The van der Waals surface area contributed by atoms with Crippen molar-refractivity contribution < 1.29 is 0 Å². The average molecular weight is 1240 g/mol. The smallest absolute Gasteiger partial charge is 0.0992 e. The summed E-state index contributed by atoms with van der Waals surface area (Å²) in [6.45, 7) is 12.2. The number of fused-ring (bicyclic) bond motifs is 20. The SMILES string of the molecule is CCn1c2ccccc2c2cc(-n3c4cc(N(c5cc(C#N)cc(C#N)c5)c5ccc6c(c5)-c5ccccc5C6(C)C)c5sc6ccccc6c5c4c4c5c(sc6ccccc65)c(N(c5cc(C#N)cc(C#N)c5)c5ccc6c(c5)-c5ccccc5C6(C)C)cc43)ccc21. The van der Waals surface area contributed by atoms with E-state index in [-0.39, 0.29) is 10.8 Å². The number of rotatable bonds is 8. The first-order valence-corrected chi connectivity index (χ1v) is 33.3. The van der Waals surface area contributed by atoms with E-state index >= 15 is 0 Å². The van der Waals surface area contributed by atoms with Crippen LogP contribution in [0, 0.1) is 45.3 Å². The molecule has 16 aromatic rings. The molecular weight excluding hydrogens is 1190 g/mol. The van der Waals surface area contributed by atoms with Crippen molar-refractivity contribution in [1.29, 1.82) is 21.0 Å². The van der Waals surface area contributed by atoms with Gasteiger partial charge in [-0.3, -0.25) is 0 Å². The molecule has 0 N–H and O–H groups in total. The van der Waals surface area contributed by atoms with Gasteiger partial charge in [-0.15, -0.1) is 22.7 Å². The quantitative estimate of drug-likeness (QED) is 0.150. The van der Waals surface area contributed by atoms with Crippen molar-refractivity contribution in [3.8, 4) is 52.2 Å². The predicted octanol–water partition coefficient (Wildman–Crippen LogP) is 22.7. The molecule has 8 nitrogen and oxygen atoms in total. The maximum atomic E-state index is 10.8. The van der Waals surface area contributed by atoms with Gasteiger partial charge < -0.3 is 18.9 Å². The lowest BCUT2D eigenvalue weighted by Crippen LogP contribution is -2.15. The second-order valence-corrected chi connectivity index (χ2v) is 28.0. The normalized spacial score (nSPS) is 13.3. The summed E-state index contributed by atoms with van der Waals surface area (Å²) in [5.74, 6) is 0. The van der Waals surface area contributed by atoms with Crippen LogP contribution in [0.1, 0.15) is 79.1 Å². The summed E-state index contributed by atoms with van der Waals surface area (Å²) in [6.07, 6.45) is 0. The standard InChI is InChI=1S/C84H54N8S2/c1-6-89-69-24-14-9-19-59(69)64-41-54(29-32-70(64)89)92-71-42-73(90(55-35-48(44-85)33-49(36-55)45-86)52-27-30-67-62(39-52)57-17-7-12-22-65(57)83(67,2)3)81-77(60-20-10-15-25-75(60)93-81)79(71)80-72(92)43-74(82-78(80)61-21-11-16-26-76(61)94-82)91(56-37-50(46-87)34-51(38-56)47-88)53-28-31-68-63(40-53)58-18-8-13-23-66(58)84(68,4)5/h7-43H,6H2,1-5H3. The molecule has 0 amide bonds. The Kier molecular flexibility index (Phi) is 11.8. The third kappa shape index (κ3) is 7.67. The Morgan fingerprint density at radius 3 is 1.24 bits per heavy atom. The fourth-order valence-corrected chi connectivity index (χ4v) is 18.6. The van der Waals surface area contributed by atoms with E-state index in [0.29, 0.717) is 33.6 Å². The molecule has 442 valence electrons. The van der Waals surface area contributed by atoms with E-state index < -0.39 is 0 Å². The van der Waals surface area contributed by atoms with Crippen molar-refractivity contribution in [3.63, 3.8) is 0 Å². The van der Waals surface area contributed by atoms with Crippen LogP contribution in [0.5, 0.6) is 0 Å². The van der Waals surface area contributed by atoms with Crippen LogP contribution in [0.4, 0.5) is 34.1 Å². The molecule has 0 spiro atoms. The molecule has 0 bridgehead atoms. The van der Waals surface area contributed by atoms with Gasteiger partial charge in [-0.2, -0.15) is 21.0 Å². The first kappa shape index (κ1) is 55.1. The highest BCUT2D eigenvalue weighted by atomic mass is 32.1. The Bertz CT molecular complexity index is 5870. The number of nitrogens with zero attached hydrogens (tertiary/aromatic N) is 8. The highest BCUT2D eigenvalue weighted by Gasteiger charge is 2.38. The van der Waals surface area contributed by atoms with Crippen LogP contribution in [0.2, 0.25) is 0 Å². The Hall–Kier alpha value is -11.8. The second-order valence-electron chi connectivity index (χ2n) is 25.9. The summed E-state index contributed by atoms with van der Waals surface area (Å²) < 4.78 is 9.22. The fraction of sp³-hybridized carbons (Fsp3) is 0.0952. The Balaban J connectivity index is 1.04. The number of hydrogen-bond acceptors (Lipinski definition) is 8.